The number of hydrogen-bond donors (Lipinski definition) is 1. The van der Waals surface area contributed by atoms with Crippen molar-refractivity contribution in [2.75, 3.05) is 23.4 Å². The summed E-state index contributed by atoms with van der Waals surface area (Å²) in [7, 11) is 0. The second-order valence-corrected chi connectivity index (χ2v) is 6.35. The fraction of sp³-hybridized carbons (Fsp3) is 0.529. The first-order valence-electron chi connectivity index (χ1n) is 8.09. The van der Waals surface area contributed by atoms with Crippen molar-refractivity contribution in [3.63, 3.8) is 0 Å². The van der Waals surface area contributed by atoms with Gasteiger partial charge in [0.25, 0.3) is 5.91 Å². The standard InChI is InChI=1S/C17H20N2O3/c20-16(12-3-4-12)18-13-6-5-11-7-8-19(14(11)10-13)17(21)15-2-1-9-22-15/h5-6,10,12,15H,1-4,7-9H2,(H,18,20)/t15-/m1/s1. The molecule has 0 bridgehead atoms. The zero-order chi connectivity index (χ0) is 15.1. The molecule has 0 aromatic heterocycles. The molecule has 1 aliphatic carbocycles. The van der Waals surface area contributed by atoms with Crippen LogP contribution in [0.15, 0.2) is 18.2 Å². The SMILES string of the molecule is O=C(Nc1ccc2c(c1)N(C(=O)[C@H]1CCCO1)CC2)C1CC1. The molecule has 2 aliphatic heterocycles. The van der Waals surface area contributed by atoms with Crippen molar-refractivity contribution >= 4 is 23.2 Å². The van der Waals surface area contributed by atoms with Crippen molar-refractivity contribution in [2.45, 2.75) is 38.2 Å². The van der Waals surface area contributed by atoms with Gasteiger partial charge in [-0.2, -0.15) is 0 Å². The largest absolute Gasteiger partial charge is 0.368 e. The van der Waals surface area contributed by atoms with E-state index in [-0.39, 0.29) is 23.8 Å². The summed E-state index contributed by atoms with van der Waals surface area (Å²) in [5.41, 5.74) is 2.87. The van der Waals surface area contributed by atoms with Crippen molar-refractivity contribution in [1.82, 2.24) is 0 Å². The Morgan fingerprint density at radius 1 is 1.23 bits per heavy atom. The Balaban J connectivity index is 1.54. The van der Waals surface area contributed by atoms with E-state index in [1.165, 1.54) is 0 Å². The summed E-state index contributed by atoms with van der Waals surface area (Å²) in [4.78, 5) is 26.3. The first-order valence-corrected chi connectivity index (χ1v) is 8.09. The Morgan fingerprint density at radius 3 is 2.82 bits per heavy atom. The van der Waals surface area contributed by atoms with Gasteiger partial charge in [-0.3, -0.25) is 9.59 Å². The predicted molar refractivity (Wildman–Crippen MR) is 82.8 cm³/mol. The topological polar surface area (TPSA) is 58.6 Å². The third kappa shape index (κ3) is 2.50. The molecule has 1 atom stereocenters. The van der Waals surface area contributed by atoms with Crippen LogP contribution in [0.2, 0.25) is 0 Å². The molecule has 1 N–H and O–H groups in total. The van der Waals surface area contributed by atoms with Gasteiger partial charge >= 0.3 is 0 Å². The van der Waals surface area contributed by atoms with Crippen LogP contribution in [-0.2, 0) is 20.7 Å². The minimum atomic E-state index is -0.296. The molecular weight excluding hydrogens is 280 g/mol. The molecule has 4 rings (SSSR count). The van der Waals surface area contributed by atoms with Gasteiger partial charge in [-0.1, -0.05) is 6.07 Å². The van der Waals surface area contributed by atoms with Crippen LogP contribution in [0.5, 0.6) is 0 Å². The summed E-state index contributed by atoms with van der Waals surface area (Å²) in [5, 5.41) is 2.95. The Hall–Kier alpha value is -1.88. The summed E-state index contributed by atoms with van der Waals surface area (Å²) in [6.07, 6.45) is 4.30. The lowest BCUT2D eigenvalue weighted by Crippen LogP contribution is -2.37. The predicted octanol–water partition coefficient (Wildman–Crippen LogP) is 2.10. The molecule has 2 amide bonds. The van der Waals surface area contributed by atoms with E-state index in [1.54, 1.807) is 0 Å². The number of hydrogen-bond acceptors (Lipinski definition) is 3. The van der Waals surface area contributed by atoms with E-state index >= 15 is 0 Å². The fourth-order valence-electron chi connectivity index (χ4n) is 3.22. The van der Waals surface area contributed by atoms with Crippen molar-refractivity contribution < 1.29 is 14.3 Å². The van der Waals surface area contributed by atoms with E-state index in [0.717, 1.165) is 49.0 Å². The molecule has 5 nitrogen and oxygen atoms in total. The van der Waals surface area contributed by atoms with Gasteiger partial charge in [0.05, 0.1) is 0 Å². The molecule has 5 heteroatoms. The van der Waals surface area contributed by atoms with Crippen LogP contribution in [0.4, 0.5) is 11.4 Å². The number of carbonyl (C=O) groups is 2. The smallest absolute Gasteiger partial charge is 0.256 e. The van der Waals surface area contributed by atoms with Gasteiger partial charge in [0.15, 0.2) is 0 Å². The highest BCUT2D eigenvalue weighted by molar-refractivity contribution is 6.00. The van der Waals surface area contributed by atoms with Gasteiger partial charge in [0.1, 0.15) is 6.10 Å². The van der Waals surface area contributed by atoms with Gasteiger partial charge in [0, 0.05) is 30.4 Å². The molecular formula is C17H20N2O3. The van der Waals surface area contributed by atoms with E-state index in [0.29, 0.717) is 13.2 Å². The van der Waals surface area contributed by atoms with Crippen molar-refractivity contribution in [3.05, 3.63) is 23.8 Å². The number of nitrogens with one attached hydrogen (secondary N) is 1. The molecule has 0 radical (unpaired) electrons. The number of fused-ring (bicyclic) bond motifs is 1. The van der Waals surface area contributed by atoms with E-state index < -0.39 is 0 Å². The van der Waals surface area contributed by atoms with Crippen LogP contribution >= 0.6 is 0 Å². The summed E-state index contributed by atoms with van der Waals surface area (Å²) in [5.74, 6) is 0.328. The maximum Gasteiger partial charge on any atom is 0.256 e. The number of carbonyl (C=O) groups excluding carboxylic acids is 2. The molecule has 1 saturated carbocycles. The van der Waals surface area contributed by atoms with Crippen LogP contribution < -0.4 is 10.2 Å². The van der Waals surface area contributed by atoms with E-state index in [1.807, 2.05) is 23.1 Å². The Bertz CT molecular complexity index is 618. The zero-order valence-electron chi connectivity index (χ0n) is 12.5. The number of anilines is 2. The number of rotatable bonds is 3. The van der Waals surface area contributed by atoms with Crippen molar-refractivity contribution in [1.29, 1.82) is 0 Å². The summed E-state index contributed by atoms with van der Waals surface area (Å²) in [6, 6.07) is 5.87. The molecule has 2 heterocycles. The maximum absolute atomic E-state index is 12.6. The molecule has 0 unspecified atom stereocenters. The average molecular weight is 300 g/mol. The first-order chi connectivity index (χ1) is 10.7. The van der Waals surface area contributed by atoms with Crippen molar-refractivity contribution in [3.8, 4) is 0 Å². The number of amides is 2. The van der Waals surface area contributed by atoms with Crippen LogP contribution in [0.1, 0.15) is 31.2 Å². The van der Waals surface area contributed by atoms with Gasteiger partial charge in [0.2, 0.25) is 5.91 Å². The molecule has 1 aromatic carbocycles. The highest BCUT2D eigenvalue weighted by Crippen LogP contribution is 2.34. The van der Waals surface area contributed by atoms with Crippen LogP contribution in [-0.4, -0.2) is 31.1 Å². The molecule has 1 saturated heterocycles. The number of ether oxygens (including phenoxy) is 1. The average Bonchev–Trinajstić information content (AvgIpc) is 3.08. The number of nitrogens with zero attached hydrogens (tertiary/aromatic N) is 1. The van der Waals surface area contributed by atoms with Crippen LogP contribution in [0, 0.1) is 5.92 Å². The highest BCUT2D eigenvalue weighted by atomic mass is 16.5. The lowest BCUT2D eigenvalue weighted by Gasteiger charge is -2.21. The van der Waals surface area contributed by atoms with Gasteiger partial charge in [-0.25, -0.2) is 0 Å². The quantitative estimate of drug-likeness (QED) is 0.930. The molecule has 0 spiro atoms. The van der Waals surface area contributed by atoms with Crippen molar-refractivity contribution in [2.24, 2.45) is 5.92 Å². The Morgan fingerprint density at radius 2 is 2.09 bits per heavy atom. The minimum absolute atomic E-state index is 0.0573. The molecule has 116 valence electrons. The Labute approximate surface area is 129 Å². The lowest BCUT2D eigenvalue weighted by molar-refractivity contribution is -0.127. The maximum atomic E-state index is 12.6. The first kappa shape index (κ1) is 13.8. The van der Waals surface area contributed by atoms with E-state index in [2.05, 4.69) is 5.32 Å². The second kappa shape index (κ2) is 5.39. The molecule has 2 fully saturated rings. The summed E-state index contributed by atoms with van der Waals surface area (Å²) in [6.45, 7) is 1.38. The Kier molecular flexibility index (Phi) is 3.37. The molecule has 1 aromatic rings. The van der Waals surface area contributed by atoms with Crippen LogP contribution in [0.25, 0.3) is 0 Å². The normalized spacial score (nSPS) is 23.5. The summed E-state index contributed by atoms with van der Waals surface area (Å²) >= 11 is 0. The minimum Gasteiger partial charge on any atom is -0.368 e. The van der Waals surface area contributed by atoms with Crippen LogP contribution in [0.3, 0.4) is 0 Å². The van der Waals surface area contributed by atoms with E-state index in [9.17, 15) is 9.59 Å². The van der Waals surface area contributed by atoms with Gasteiger partial charge in [-0.15, -0.1) is 0 Å². The second-order valence-electron chi connectivity index (χ2n) is 6.35. The van der Waals surface area contributed by atoms with E-state index in [4.69, 9.17) is 4.74 Å². The molecule has 3 aliphatic rings. The van der Waals surface area contributed by atoms with Gasteiger partial charge < -0.3 is 15.0 Å². The number of benzene rings is 1. The molecule has 22 heavy (non-hydrogen) atoms. The highest BCUT2D eigenvalue weighted by Gasteiger charge is 2.33. The monoisotopic (exact) mass is 300 g/mol. The third-order valence-corrected chi connectivity index (χ3v) is 4.67. The third-order valence-electron chi connectivity index (χ3n) is 4.67. The lowest BCUT2D eigenvalue weighted by atomic mass is 10.1. The van der Waals surface area contributed by atoms with Gasteiger partial charge in [-0.05, 0) is 49.8 Å². The fourth-order valence-corrected chi connectivity index (χ4v) is 3.22. The summed E-state index contributed by atoms with van der Waals surface area (Å²) < 4.78 is 5.52. The zero-order valence-corrected chi connectivity index (χ0v) is 12.5.